The van der Waals surface area contributed by atoms with Crippen LogP contribution in [0.3, 0.4) is 0 Å². The predicted octanol–water partition coefficient (Wildman–Crippen LogP) is 11.0. The summed E-state index contributed by atoms with van der Waals surface area (Å²) in [7, 11) is -13.4. The van der Waals surface area contributed by atoms with Gasteiger partial charge in [-0.1, -0.05) is 48.2 Å². The number of rotatable bonds is 22. The van der Waals surface area contributed by atoms with Crippen LogP contribution < -0.4 is 20.4 Å². The Morgan fingerprint density at radius 3 is 1.36 bits per heavy atom. The third-order valence-corrected chi connectivity index (χ3v) is 15.7. The van der Waals surface area contributed by atoms with Crippen molar-refractivity contribution in [3.63, 3.8) is 0 Å². The molecule has 0 radical (unpaired) electrons. The normalized spacial score (nSPS) is 12.1. The van der Waals surface area contributed by atoms with Gasteiger partial charge in [0.25, 0.3) is 30.4 Å². The van der Waals surface area contributed by atoms with Crippen LogP contribution in [-0.2, 0) is 36.1 Å². The number of nitrogens with one attached hydrogen (secondary N) is 2. The fourth-order valence-electron chi connectivity index (χ4n) is 7.24. The maximum Gasteiger partial charge on any atom is 0.294 e. The second-order valence-corrected chi connectivity index (χ2v) is 22.5. The highest BCUT2D eigenvalue weighted by atomic mass is 32.2. The number of azo groups is 2. The fourth-order valence-corrected chi connectivity index (χ4v) is 10.7. The third kappa shape index (κ3) is 13.9. The SMILES string of the molecule is CCN(CC)c1ccc(N=Nc2nc(-c3cccc(S(=O)(=O)O)c3)ns2)c(Nc2nc(Nc3cc(N(CC)CC)ccc3N=Nc3nc(-c4cccc(S(=O)(=O)O)c4)ns3)nc(SCc3cccc(S(=O)(=O)O)c3)n2)c1. The van der Waals surface area contributed by atoms with Gasteiger partial charge in [-0.25, -0.2) is 0 Å². The first-order chi connectivity index (χ1) is 36.3. The second-order valence-electron chi connectivity index (χ2n) is 15.9. The molecular weight excluding hydrogens is 1100 g/mol. The quantitative estimate of drug-likeness (QED) is 0.0239. The van der Waals surface area contributed by atoms with Crippen molar-refractivity contribution in [1.82, 2.24) is 33.7 Å². The number of hydrogen-bond acceptors (Lipinski definition) is 24. The van der Waals surface area contributed by atoms with Gasteiger partial charge in [-0.2, -0.15) is 58.9 Å². The smallest absolute Gasteiger partial charge is 0.294 e. The highest BCUT2D eigenvalue weighted by Crippen LogP contribution is 2.38. The number of aromatic nitrogens is 7. The zero-order chi connectivity index (χ0) is 54.2. The molecule has 5 aromatic carbocycles. The molecule has 5 N–H and O–H groups in total. The Bertz CT molecular complexity index is 3610. The van der Waals surface area contributed by atoms with Crippen molar-refractivity contribution < 1.29 is 38.9 Å². The van der Waals surface area contributed by atoms with E-state index in [1.807, 2.05) is 52.0 Å². The van der Waals surface area contributed by atoms with E-state index in [0.29, 0.717) is 65.6 Å². The van der Waals surface area contributed by atoms with Gasteiger partial charge in [-0.05, 0) is 106 Å². The maximum atomic E-state index is 12.0. The number of anilines is 6. The molecule has 0 bridgehead atoms. The van der Waals surface area contributed by atoms with E-state index in [-0.39, 0.29) is 59.4 Å². The Morgan fingerprint density at radius 1 is 0.513 bits per heavy atom. The van der Waals surface area contributed by atoms with Gasteiger partial charge < -0.3 is 20.4 Å². The molecule has 0 aliphatic rings. The summed E-state index contributed by atoms with van der Waals surface area (Å²) in [5, 5.41) is 24.9. The largest absolute Gasteiger partial charge is 0.372 e. The van der Waals surface area contributed by atoms with Crippen LogP contribution in [0.5, 0.6) is 0 Å². The van der Waals surface area contributed by atoms with Crippen LogP contribution in [-0.4, -0.2) is 98.8 Å². The molecule has 0 fully saturated rings. The minimum atomic E-state index is -4.49. The Balaban J connectivity index is 1.17. The van der Waals surface area contributed by atoms with Crippen molar-refractivity contribution in [2.75, 3.05) is 46.6 Å². The van der Waals surface area contributed by atoms with Crippen molar-refractivity contribution in [2.24, 2.45) is 20.5 Å². The number of hydrogen-bond donors (Lipinski definition) is 5. The van der Waals surface area contributed by atoms with E-state index in [9.17, 15) is 38.9 Å². The van der Waals surface area contributed by atoms with E-state index in [1.165, 1.54) is 54.6 Å². The zero-order valence-electron chi connectivity index (χ0n) is 40.5. The van der Waals surface area contributed by atoms with Gasteiger partial charge in [0.15, 0.2) is 16.8 Å². The van der Waals surface area contributed by atoms with Crippen LogP contribution in [0.2, 0.25) is 0 Å². The summed E-state index contributed by atoms with van der Waals surface area (Å²) in [5.41, 5.74) is 4.42. The lowest BCUT2D eigenvalue weighted by molar-refractivity contribution is 0.481. The number of benzene rings is 5. The second kappa shape index (κ2) is 23.7. The molecule has 0 aliphatic heterocycles. The fraction of sp³-hybridized carbons (Fsp3) is 0.196. The predicted molar refractivity (Wildman–Crippen MR) is 291 cm³/mol. The first-order valence-electron chi connectivity index (χ1n) is 22.7. The molecule has 8 aromatic rings. The van der Waals surface area contributed by atoms with Crippen molar-refractivity contribution in [3.05, 3.63) is 115 Å². The first-order valence-corrected chi connectivity index (χ1v) is 29.6. The lowest BCUT2D eigenvalue weighted by Crippen LogP contribution is -2.21. The zero-order valence-corrected chi connectivity index (χ0v) is 45.4. The van der Waals surface area contributed by atoms with Gasteiger partial charge in [-0.3, -0.25) is 13.7 Å². The summed E-state index contributed by atoms with van der Waals surface area (Å²) >= 11 is 3.00. The van der Waals surface area contributed by atoms with Crippen molar-refractivity contribution in [1.29, 1.82) is 0 Å². The highest BCUT2D eigenvalue weighted by molar-refractivity contribution is 7.98. The average Bonchev–Trinajstić information content (AvgIpc) is 4.09. The summed E-state index contributed by atoms with van der Waals surface area (Å²) in [6.07, 6.45) is 0. The molecule has 24 nitrogen and oxygen atoms in total. The summed E-state index contributed by atoms with van der Waals surface area (Å²) < 4.78 is 109. The van der Waals surface area contributed by atoms with E-state index < -0.39 is 30.4 Å². The van der Waals surface area contributed by atoms with E-state index in [0.717, 1.165) is 46.2 Å². The molecule has 30 heteroatoms. The molecule has 3 heterocycles. The molecule has 76 heavy (non-hydrogen) atoms. The number of thioether (sulfide) groups is 1. The van der Waals surface area contributed by atoms with Gasteiger partial charge in [-0.15, -0.1) is 20.5 Å². The van der Waals surface area contributed by atoms with E-state index in [1.54, 1.807) is 30.3 Å². The maximum absolute atomic E-state index is 12.0. The van der Waals surface area contributed by atoms with Gasteiger partial charge in [0.1, 0.15) is 11.4 Å². The van der Waals surface area contributed by atoms with Crippen LogP contribution in [0.15, 0.2) is 149 Å². The van der Waals surface area contributed by atoms with Gasteiger partial charge in [0, 0.05) is 77.5 Å². The summed E-state index contributed by atoms with van der Waals surface area (Å²) in [6.45, 7) is 10.8. The van der Waals surface area contributed by atoms with Crippen LogP contribution in [0.25, 0.3) is 22.8 Å². The lowest BCUT2D eigenvalue weighted by Gasteiger charge is -2.22. The lowest BCUT2D eigenvalue weighted by atomic mass is 10.2. The Labute approximate surface area is 449 Å². The average molecular weight is 1140 g/mol. The van der Waals surface area contributed by atoms with Crippen LogP contribution >= 0.6 is 34.8 Å². The minimum Gasteiger partial charge on any atom is -0.372 e. The third-order valence-electron chi connectivity index (χ3n) is 11.0. The summed E-state index contributed by atoms with van der Waals surface area (Å²) in [4.78, 5) is 26.5. The Kier molecular flexibility index (Phi) is 17.2. The van der Waals surface area contributed by atoms with E-state index >= 15 is 0 Å². The summed E-state index contributed by atoms with van der Waals surface area (Å²) in [5.74, 6) is 0.624. The van der Waals surface area contributed by atoms with Gasteiger partial charge in [0.05, 0.1) is 26.1 Å². The monoisotopic (exact) mass is 1140 g/mol. The Morgan fingerprint density at radius 2 is 0.934 bits per heavy atom. The minimum absolute atomic E-state index is 0.0549. The molecule has 3 aromatic heterocycles. The number of nitrogens with zero attached hydrogens (tertiary/aromatic N) is 13. The standard InChI is InChI=1S/C46H45N15O9S6/c1-5-60(6-2)31-18-20-36(54-56-45-49-40(58-72-45)29-13-10-16-34(23-29)75(65,66)67)38(25-31)47-42-51-43(53-44(52-42)71-27-28-12-9-15-33(22-28)74(62,63)64)48-39-26-32(61(7-3)8-4)19-21-37(39)55-57-46-50-41(59-73-46)30-14-11-17-35(24-30)76(68,69)70/h9-26H,5-8,27H2,1-4H3,(H,62,63,64)(H,65,66,67)(H,68,69,70)(H2,47,48,51,52,53). The highest BCUT2D eigenvalue weighted by Gasteiger charge is 2.19. The van der Waals surface area contributed by atoms with Crippen LogP contribution in [0.1, 0.15) is 33.3 Å². The topological polar surface area (TPSA) is 333 Å². The molecule has 0 saturated heterocycles. The first kappa shape index (κ1) is 55.0. The van der Waals surface area contributed by atoms with Crippen molar-refractivity contribution in [2.45, 2.75) is 53.3 Å². The van der Waals surface area contributed by atoms with Crippen molar-refractivity contribution >= 4 is 121 Å². The Hall–Kier alpha value is -7.29. The molecule has 8 rings (SSSR count). The molecule has 394 valence electrons. The molecule has 0 aliphatic carbocycles. The molecule has 0 atom stereocenters. The van der Waals surface area contributed by atoms with E-state index in [2.05, 4.69) is 59.6 Å². The van der Waals surface area contributed by atoms with E-state index in [4.69, 9.17) is 15.0 Å². The molecule has 0 spiro atoms. The van der Waals surface area contributed by atoms with Crippen LogP contribution in [0.4, 0.5) is 56.3 Å². The van der Waals surface area contributed by atoms with Gasteiger partial charge in [0.2, 0.25) is 22.2 Å². The van der Waals surface area contributed by atoms with Crippen LogP contribution in [0, 0.1) is 0 Å². The molecule has 0 unspecified atom stereocenters. The van der Waals surface area contributed by atoms with Gasteiger partial charge >= 0.3 is 0 Å². The molecule has 0 amide bonds. The molecular formula is C46H45N15O9S6. The summed E-state index contributed by atoms with van der Waals surface area (Å²) in [6, 6.07) is 27.9. The van der Waals surface area contributed by atoms with Crippen molar-refractivity contribution in [3.8, 4) is 22.8 Å². The molecule has 0 saturated carbocycles.